The molecule has 1 fully saturated rings. The predicted molar refractivity (Wildman–Crippen MR) is 52.4 cm³/mol. The molecule has 0 aromatic heterocycles. The van der Waals surface area contributed by atoms with Crippen LogP contribution in [0.3, 0.4) is 0 Å². The predicted octanol–water partition coefficient (Wildman–Crippen LogP) is -0.110. The molecule has 0 aliphatic carbocycles. The monoisotopic (exact) mass is 171 g/mol. The van der Waals surface area contributed by atoms with Crippen LogP contribution in [0.1, 0.15) is 12.8 Å². The normalized spacial score (nSPS) is 23.8. The van der Waals surface area contributed by atoms with Crippen LogP contribution in [0.15, 0.2) is 0 Å². The van der Waals surface area contributed by atoms with Gasteiger partial charge in [0, 0.05) is 25.7 Å². The van der Waals surface area contributed by atoms with Crippen molar-refractivity contribution in [3.8, 4) is 0 Å². The molecule has 2 N–H and O–H groups in total. The van der Waals surface area contributed by atoms with Crippen LogP contribution in [-0.2, 0) is 0 Å². The molecule has 0 amide bonds. The lowest BCUT2D eigenvalue weighted by Crippen LogP contribution is -2.36. The van der Waals surface area contributed by atoms with Crippen LogP contribution in [0.25, 0.3) is 0 Å². The van der Waals surface area contributed by atoms with Crippen molar-refractivity contribution in [1.82, 2.24) is 15.5 Å². The Kier molecular flexibility index (Phi) is 4.58. The van der Waals surface area contributed by atoms with E-state index in [0.29, 0.717) is 0 Å². The van der Waals surface area contributed by atoms with E-state index in [1.54, 1.807) is 0 Å². The summed E-state index contributed by atoms with van der Waals surface area (Å²) in [5, 5.41) is 6.92. The molecule has 1 rings (SSSR count). The molecule has 12 heavy (non-hydrogen) atoms. The highest BCUT2D eigenvalue weighted by molar-refractivity contribution is 4.75. The van der Waals surface area contributed by atoms with Gasteiger partial charge in [0.2, 0.25) is 0 Å². The minimum absolute atomic E-state index is 0.729. The zero-order valence-electron chi connectivity index (χ0n) is 8.27. The molecule has 0 spiro atoms. The molecule has 3 heteroatoms. The van der Waals surface area contributed by atoms with Gasteiger partial charge in [0.1, 0.15) is 0 Å². The lowest BCUT2D eigenvalue weighted by molar-refractivity contribution is 0.393. The van der Waals surface area contributed by atoms with E-state index < -0.39 is 0 Å². The molecular formula is C9H21N3. The molecule has 0 bridgehead atoms. The van der Waals surface area contributed by atoms with Gasteiger partial charge in [0.25, 0.3) is 0 Å². The first-order valence-electron chi connectivity index (χ1n) is 4.88. The average Bonchev–Trinajstić information content (AvgIpc) is 2.49. The molecule has 1 atom stereocenters. The maximum absolute atomic E-state index is 3.47. The second-order valence-corrected chi connectivity index (χ2v) is 3.80. The van der Waals surface area contributed by atoms with Gasteiger partial charge < -0.3 is 15.5 Å². The first-order chi connectivity index (χ1) is 5.79. The maximum Gasteiger partial charge on any atom is 0.0192 e. The Labute approximate surface area is 75.5 Å². The molecule has 1 aliphatic rings. The largest absolute Gasteiger partial charge is 0.314 e. The van der Waals surface area contributed by atoms with Crippen LogP contribution in [0, 0.1) is 0 Å². The zero-order chi connectivity index (χ0) is 8.81. The molecule has 1 aliphatic heterocycles. The Morgan fingerprint density at radius 2 is 2.33 bits per heavy atom. The summed E-state index contributed by atoms with van der Waals surface area (Å²) in [6, 6.07) is 0.729. The molecule has 1 heterocycles. The fraction of sp³-hybridized carbons (Fsp3) is 1.00. The van der Waals surface area contributed by atoms with Gasteiger partial charge in [0.15, 0.2) is 0 Å². The molecule has 0 saturated carbocycles. The molecule has 3 nitrogen and oxygen atoms in total. The molecule has 1 saturated heterocycles. The fourth-order valence-electron chi connectivity index (χ4n) is 1.51. The van der Waals surface area contributed by atoms with Crippen LogP contribution in [-0.4, -0.2) is 51.2 Å². The van der Waals surface area contributed by atoms with Gasteiger partial charge in [-0.15, -0.1) is 0 Å². The summed E-state index contributed by atoms with van der Waals surface area (Å²) in [5.41, 5.74) is 0. The first kappa shape index (κ1) is 9.96. The van der Waals surface area contributed by atoms with Crippen LogP contribution in [0.2, 0.25) is 0 Å². The summed E-state index contributed by atoms with van der Waals surface area (Å²) in [4.78, 5) is 2.20. The van der Waals surface area contributed by atoms with Gasteiger partial charge >= 0.3 is 0 Å². The molecular weight excluding hydrogens is 150 g/mol. The first-order valence-corrected chi connectivity index (χ1v) is 4.88. The number of hydrogen-bond acceptors (Lipinski definition) is 3. The average molecular weight is 171 g/mol. The van der Waals surface area contributed by atoms with Crippen LogP contribution in [0.4, 0.5) is 0 Å². The van der Waals surface area contributed by atoms with E-state index in [4.69, 9.17) is 0 Å². The van der Waals surface area contributed by atoms with Crippen molar-refractivity contribution < 1.29 is 0 Å². The Balaban J connectivity index is 1.88. The topological polar surface area (TPSA) is 27.3 Å². The van der Waals surface area contributed by atoms with Gasteiger partial charge in [-0.2, -0.15) is 0 Å². The number of nitrogens with zero attached hydrogens (tertiary/aromatic N) is 1. The third-order valence-corrected chi connectivity index (χ3v) is 2.29. The van der Waals surface area contributed by atoms with Gasteiger partial charge in [-0.25, -0.2) is 0 Å². The minimum atomic E-state index is 0.729. The number of nitrogens with one attached hydrogen (secondary N) is 2. The SMILES string of the molecule is CN(C)CCNCC1CCCN1. The van der Waals surface area contributed by atoms with Gasteiger partial charge in [-0.1, -0.05) is 0 Å². The van der Waals surface area contributed by atoms with E-state index in [9.17, 15) is 0 Å². The van der Waals surface area contributed by atoms with Crippen LogP contribution < -0.4 is 10.6 Å². The van der Waals surface area contributed by atoms with Crippen molar-refractivity contribution >= 4 is 0 Å². The van der Waals surface area contributed by atoms with Crippen molar-refractivity contribution in [1.29, 1.82) is 0 Å². The third kappa shape index (κ3) is 4.04. The van der Waals surface area contributed by atoms with Gasteiger partial charge in [-0.05, 0) is 33.5 Å². The number of likely N-dealkylation sites (N-methyl/N-ethyl adjacent to an activating group) is 1. The fourth-order valence-corrected chi connectivity index (χ4v) is 1.51. The summed E-state index contributed by atoms with van der Waals surface area (Å²) in [5.74, 6) is 0. The summed E-state index contributed by atoms with van der Waals surface area (Å²) in [6.07, 6.45) is 2.69. The Bertz CT molecular complexity index is 108. The van der Waals surface area contributed by atoms with E-state index in [1.807, 2.05) is 0 Å². The quantitative estimate of drug-likeness (QED) is 0.565. The van der Waals surface area contributed by atoms with Crippen molar-refractivity contribution in [2.45, 2.75) is 18.9 Å². The van der Waals surface area contributed by atoms with E-state index >= 15 is 0 Å². The number of hydrogen-bond donors (Lipinski definition) is 2. The van der Waals surface area contributed by atoms with E-state index in [0.717, 1.165) is 25.7 Å². The summed E-state index contributed by atoms with van der Waals surface area (Å²) < 4.78 is 0. The van der Waals surface area contributed by atoms with E-state index in [2.05, 4.69) is 29.6 Å². The second kappa shape index (κ2) is 5.51. The van der Waals surface area contributed by atoms with E-state index in [-0.39, 0.29) is 0 Å². The second-order valence-electron chi connectivity index (χ2n) is 3.80. The van der Waals surface area contributed by atoms with Crippen LogP contribution >= 0.6 is 0 Å². The molecule has 72 valence electrons. The van der Waals surface area contributed by atoms with Crippen LogP contribution in [0.5, 0.6) is 0 Å². The highest BCUT2D eigenvalue weighted by atomic mass is 15.1. The lowest BCUT2D eigenvalue weighted by Gasteiger charge is -2.13. The van der Waals surface area contributed by atoms with Crippen molar-refractivity contribution in [3.63, 3.8) is 0 Å². The van der Waals surface area contributed by atoms with Gasteiger partial charge in [0.05, 0.1) is 0 Å². The lowest BCUT2D eigenvalue weighted by atomic mass is 10.2. The van der Waals surface area contributed by atoms with Crippen molar-refractivity contribution in [2.24, 2.45) is 0 Å². The molecule has 1 unspecified atom stereocenters. The standard InChI is InChI=1S/C9H21N3/c1-12(2)7-6-10-8-9-4-3-5-11-9/h9-11H,3-8H2,1-2H3. The smallest absolute Gasteiger partial charge is 0.0192 e. The molecule has 0 aromatic rings. The summed E-state index contributed by atoms with van der Waals surface area (Å²) >= 11 is 0. The highest BCUT2D eigenvalue weighted by Crippen LogP contribution is 2.02. The highest BCUT2D eigenvalue weighted by Gasteiger charge is 2.12. The molecule has 0 aromatic carbocycles. The minimum Gasteiger partial charge on any atom is -0.314 e. The summed E-state index contributed by atoms with van der Waals surface area (Å²) in [7, 11) is 4.21. The number of rotatable bonds is 5. The third-order valence-electron chi connectivity index (χ3n) is 2.29. The van der Waals surface area contributed by atoms with Crippen molar-refractivity contribution in [3.05, 3.63) is 0 Å². The molecule has 0 radical (unpaired) electrons. The Morgan fingerprint density at radius 3 is 2.92 bits per heavy atom. The van der Waals surface area contributed by atoms with E-state index in [1.165, 1.54) is 19.4 Å². The Hall–Kier alpha value is -0.120. The van der Waals surface area contributed by atoms with Gasteiger partial charge in [-0.3, -0.25) is 0 Å². The summed E-state index contributed by atoms with van der Waals surface area (Å²) in [6.45, 7) is 4.58. The van der Waals surface area contributed by atoms with Crippen molar-refractivity contribution in [2.75, 3.05) is 40.3 Å². The Morgan fingerprint density at radius 1 is 1.50 bits per heavy atom. The zero-order valence-corrected chi connectivity index (χ0v) is 8.27. The maximum atomic E-state index is 3.47.